The Labute approximate surface area is 138 Å². The van der Waals surface area contributed by atoms with Gasteiger partial charge in [-0.3, -0.25) is 9.13 Å². The molecule has 2 atom stereocenters. The van der Waals surface area contributed by atoms with Crippen molar-refractivity contribution in [3.8, 4) is 0 Å². The Morgan fingerprint density at radius 2 is 1.88 bits per heavy atom. The van der Waals surface area contributed by atoms with Crippen LogP contribution in [0, 0.1) is 5.92 Å². The van der Waals surface area contributed by atoms with Crippen molar-refractivity contribution in [3.63, 3.8) is 0 Å². The molecule has 0 saturated carbocycles. The van der Waals surface area contributed by atoms with Crippen LogP contribution in [-0.2, 0) is 11.1 Å². The van der Waals surface area contributed by atoms with E-state index in [1.54, 1.807) is 30.3 Å². The molecule has 8 nitrogen and oxygen atoms in total. The minimum absolute atomic E-state index is 0.0294. The van der Waals surface area contributed by atoms with Crippen LogP contribution in [0.4, 0.5) is 5.82 Å². The highest BCUT2D eigenvalue weighted by molar-refractivity contribution is 7.52. The van der Waals surface area contributed by atoms with Crippen molar-refractivity contribution in [2.45, 2.75) is 18.6 Å². The van der Waals surface area contributed by atoms with Crippen LogP contribution >= 0.6 is 7.60 Å². The smallest absolute Gasteiger partial charge is 0.349 e. The van der Waals surface area contributed by atoms with Crippen LogP contribution in [0.3, 0.4) is 0 Å². The number of nitrogens with zero attached hydrogens (tertiary/aromatic N) is 2. The first kappa shape index (κ1) is 18.4. The van der Waals surface area contributed by atoms with Crippen LogP contribution in [-0.4, -0.2) is 31.1 Å². The predicted molar refractivity (Wildman–Crippen MR) is 89.3 cm³/mol. The zero-order valence-corrected chi connectivity index (χ0v) is 13.8. The van der Waals surface area contributed by atoms with Crippen LogP contribution in [0.15, 0.2) is 47.4 Å². The normalized spacial score (nSPS) is 14.3. The lowest BCUT2D eigenvalue weighted by atomic mass is 9.99. The Bertz CT molecular complexity index is 774. The maximum Gasteiger partial charge on any atom is 0.349 e. The maximum atomic E-state index is 11.9. The lowest BCUT2D eigenvalue weighted by molar-refractivity contribution is 0.196. The van der Waals surface area contributed by atoms with Crippen molar-refractivity contribution in [1.29, 1.82) is 0 Å². The van der Waals surface area contributed by atoms with E-state index in [-0.39, 0.29) is 25.4 Å². The minimum Gasteiger partial charge on any atom is -0.396 e. The average molecular weight is 353 g/mol. The summed E-state index contributed by atoms with van der Waals surface area (Å²) in [4.78, 5) is 34.7. The molecule has 0 amide bonds. The molecular formula is C15H20N3O5P. The van der Waals surface area contributed by atoms with Crippen molar-refractivity contribution >= 4 is 13.4 Å². The standard InChI is InChI=1S/C15H20N3O5P/c16-14-6-7-18(15(20)17-14)9-11(10-19)8-13(24(21,22)23)12-4-2-1-3-5-12/h1-7,11,13,19H,8-10H2,(H2,16,17,20)(H2,21,22,23)/t11-,13-/m1/s1. The molecular weight excluding hydrogens is 333 g/mol. The van der Waals surface area contributed by atoms with E-state index in [2.05, 4.69) is 4.98 Å². The van der Waals surface area contributed by atoms with E-state index < -0.39 is 24.9 Å². The summed E-state index contributed by atoms with van der Waals surface area (Å²) in [6.07, 6.45) is 1.48. The SMILES string of the molecule is Nc1ccn(C[C@H](CO)C[C@H](c2ccccc2)P(=O)(O)O)c(=O)n1. The molecule has 1 aromatic heterocycles. The summed E-state index contributed by atoms with van der Waals surface area (Å²) in [5.74, 6) is -0.430. The van der Waals surface area contributed by atoms with Crippen molar-refractivity contribution in [2.24, 2.45) is 5.92 Å². The van der Waals surface area contributed by atoms with Gasteiger partial charge in [-0.1, -0.05) is 30.3 Å². The first-order valence-electron chi connectivity index (χ1n) is 7.35. The molecule has 1 aromatic carbocycles. The summed E-state index contributed by atoms with van der Waals surface area (Å²) >= 11 is 0. The van der Waals surface area contributed by atoms with Crippen molar-refractivity contribution < 1.29 is 19.5 Å². The van der Waals surface area contributed by atoms with Crippen molar-refractivity contribution in [1.82, 2.24) is 9.55 Å². The van der Waals surface area contributed by atoms with Gasteiger partial charge in [0.15, 0.2) is 0 Å². The number of aromatic nitrogens is 2. The highest BCUT2D eigenvalue weighted by atomic mass is 31.2. The molecule has 9 heteroatoms. The van der Waals surface area contributed by atoms with E-state index in [1.807, 2.05) is 0 Å². The van der Waals surface area contributed by atoms with Gasteiger partial charge >= 0.3 is 13.3 Å². The molecule has 0 bridgehead atoms. The first-order valence-corrected chi connectivity index (χ1v) is 9.03. The van der Waals surface area contributed by atoms with Crippen LogP contribution in [0.2, 0.25) is 0 Å². The zero-order chi connectivity index (χ0) is 17.7. The molecule has 0 radical (unpaired) electrons. The third kappa shape index (κ3) is 4.75. The summed E-state index contributed by atoms with van der Waals surface area (Å²) in [5.41, 5.74) is 4.30. The molecule has 0 unspecified atom stereocenters. The van der Waals surface area contributed by atoms with Gasteiger partial charge in [-0.05, 0) is 18.1 Å². The monoisotopic (exact) mass is 353 g/mol. The third-order valence-corrected chi connectivity index (χ3v) is 5.08. The second-order valence-corrected chi connectivity index (χ2v) is 7.39. The molecule has 0 aliphatic carbocycles. The summed E-state index contributed by atoms with van der Waals surface area (Å²) < 4.78 is 13.1. The summed E-state index contributed by atoms with van der Waals surface area (Å²) in [6.45, 7) is -0.230. The fraction of sp³-hybridized carbons (Fsp3) is 0.333. The predicted octanol–water partition coefficient (Wildman–Crippen LogP) is 0.743. The second-order valence-electron chi connectivity index (χ2n) is 5.59. The van der Waals surface area contributed by atoms with Gasteiger partial charge in [0.1, 0.15) is 5.82 Å². The van der Waals surface area contributed by atoms with Crippen LogP contribution in [0.1, 0.15) is 17.6 Å². The number of nitrogen functional groups attached to an aromatic ring is 1. The molecule has 2 rings (SSSR count). The zero-order valence-electron chi connectivity index (χ0n) is 12.9. The molecule has 5 N–H and O–H groups in total. The average Bonchev–Trinajstić information content (AvgIpc) is 2.53. The van der Waals surface area contributed by atoms with Gasteiger partial charge < -0.3 is 20.6 Å². The van der Waals surface area contributed by atoms with E-state index >= 15 is 0 Å². The quantitative estimate of drug-likeness (QED) is 0.539. The highest BCUT2D eigenvalue weighted by Crippen LogP contribution is 2.54. The molecule has 0 fully saturated rings. The van der Waals surface area contributed by atoms with Crippen LogP contribution in [0.5, 0.6) is 0 Å². The van der Waals surface area contributed by atoms with Crippen LogP contribution in [0.25, 0.3) is 0 Å². The Morgan fingerprint density at radius 1 is 1.21 bits per heavy atom. The number of nitrogens with two attached hydrogens (primary N) is 1. The summed E-state index contributed by atoms with van der Waals surface area (Å²) in [7, 11) is -4.42. The second kappa shape index (κ2) is 7.72. The topological polar surface area (TPSA) is 139 Å². The van der Waals surface area contributed by atoms with E-state index in [0.29, 0.717) is 5.56 Å². The maximum absolute atomic E-state index is 11.9. The van der Waals surface area contributed by atoms with E-state index in [4.69, 9.17) is 5.73 Å². The Balaban J connectivity index is 2.23. The van der Waals surface area contributed by atoms with Crippen molar-refractivity contribution in [2.75, 3.05) is 12.3 Å². The first-order chi connectivity index (χ1) is 11.3. The molecule has 0 spiro atoms. The summed E-state index contributed by atoms with van der Waals surface area (Å²) in [6, 6.07) is 9.86. The van der Waals surface area contributed by atoms with E-state index in [1.165, 1.54) is 16.8 Å². The van der Waals surface area contributed by atoms with Gasteiger partial charge in [0.2, 0.25) is 0 Å². The van der Waals surface area contributed by atoms with Gasteiger partial charge in [-0.2, -0.15) is 4.98 Å². The number of aliphatic hydroxyl groups is 1. The molecule has 1 heterocycles. The van der Waals surface area contributed by atoms with E-state index in [0.717, 1.165) is 0 Å². The molecule has 0 aliphatic heterocycles. The lowest BCUT2D eigenvalue weighted by Gasteiger charge is -2.24. The van der Waals surface area contributed by atoms with Crippen molar-refractivity contribution in [3.05, 3.63) is 58.6 Å². The Morgan fingerprint density at radius 3 is 2.42 bits per heavy atom. The number of anilines is 1. The number of hydrogen-bond donors (Lipinski definition) is 4. The molecule has 0 aliphatic rings. The number of rotatable bonds is 7. The van der Waals surface area contributed by atoms with Crippen LogP contribution < -0.4 is 11.4 Å². The van der Waals surface area contributed by atoms with Gasteiger partial charge in [-0.15, -0.1) is 0 Å². The van der Waals surface area contributed by atoms with Gasteiger partial charge in [-0.25, -0.2) is 4.79 Å². The lowest BCUT2D eigenvalue weighted by Crippen LogP contribution is -2.28. The largest absolute Gasteiger partial charge is 0.396 e. The minimum atomic E-state index is -4.42. The Hall–Kier alpha value is -1.99. The highest BCUT2D eigenvalue weighted by Gasteiger charge is 2.32. The van der Waals surface area contributed by atoms with Gasteiger partial charge in [0, 0.05) is 25.3 Å². The Kier molecular flexibility index (Phi) is 5.90. The van der Waals surface area contributed by atoms with E-state index in [9.17, 15) is 24.3 Å². The number of hydrogen-bond acceptors (Lipinski definition) is 5. The molecule has 0 saturated heterocycles. The molecule has 130 valence electrons. The number of benzene rings is 1. The van der Waals surface area contributed by atoms with Gasteiger partial charge in [0.25, 0.3) is 0 Å². The third-order valence-electron chi connectivity index (χ3n) is 3.76. The summed E-state index contributed by atoms with van der Waals surface area (Å²) in [5, 5.41) is 9.58. The fourth-order valence-corrected chi connectivity index (χ4v) is 3.66. The number of aliphatic hydroxyl groups excluding tert-OH is 1. The van der Waals surface area contributed by atoms with Gasteiger partial charge in [0.05, 0.1) is 5.66 Å². The fourth-order valence-electron chi connectivity index (χ4n) is 2.52. The molecule has 24 heavy (non-hydrogen) atoms. The molecule has 2 aromatic rings.